The van der Waals surface area contributed by atoms with E-state index in [1.807, 2.05) is 32.9 Å². The van der Waals surface area contributed by atoms with Crippen LogP contribution in [0.5, 0.6) is 5.75 Å². The third-order valence-corrected chi connectivity index (χ3v) is 3.64. The van der Waals surface area contributed by atoms with Crippen molar-refractivity contribution in [3.63, 3.8) is 0 Å². The van der Waals surface area contributed by atoms with Crippen molar-refractivity contribution in [3.8, 4) is 5.75 Å². The van der Waals surface area contributed by atoms with Crippen LogP contribution in [0.25, 0.3) is 22.7 Å². The van der Waals surface area contributed by atoms with Gasteiger partial charge in [-0.3, -0.25) is 0 Å². The van der Waals surface area contributed by atoms with Crippen molar-refractivity contribution < 1.29 is 13.9 Å². The highest BCUT2D eigenvalue weighted by Gasteiger charge is 2.15. The number of nitrogens with zero attached hydrogens (tertiary/aromatic N) is 1. The number of hydrogen-bond donors (Lipinski definition) is 1. The van der Waals surface area contributed by atoms with E-state index in [1.165, 1.54) is 12.1 Å². The normalized spacial score (nSPS) is 14.1. The molecule has 0 saturated carbocycles. The standard InChI is InChI=1S/C18H16FNO2.C2H6/c1-3-11-6-5-7-13(9-15(11)19)18-20-16-10-14(21)8-12(4-2)17(16)22-18;1-2/h4,6-10,21H,2-3,5H2,1H3;1-2H3. The Kier molecular flexibility index (Phi) is 5.74. The van der Waals surface area contributed by atoms with Gasteiger partial charge in [0.1, 0.15) is 17.1 Å². The maximum atomic E-state index is 14.1. The summed E-state index contributed by atoms with van der Waals surface area (Å²) < 4.78 is 19.9. The van der Waals surface area contributed by atoms with Crippen molar-refractivity contribution in [1.82, 2.24) is 4.98 Å². The Morgan fingerprint density at radius 2 is 2.08 bits per heavy atom. The molecule has 0 fully saturated rings. The summed E-state index contributed by atoms with van der Waals surface area (Å²) in [5, 5.41) is 9.69. The molecule has 0 saturated heterocycles. The molecule has 0 radical (unpaired) electrons. The zero-order valence-electron chi connectivity index (χ0n) is 14.3. The molecule has 0 unspecified atom stereocenters. The number of oxazole rings is 1. The molecule has 1 aromatic heterocycles. The van der Waals surface area contributed by atoms with Crippen molar-refractivity contribution in [2.75, 3.05) is 0 Å². The molecule has 0 aliphatic heterocycles. The van der Waals surface area contributed by atoms with Crippen molar-refractivity contribution in [1.29, 1.82) is 0 Å². The summed E-state index contributed by atoms with van der Waals surface area (Å²) in [6.07, 6.45) is 8.04. The molecule has 0 amide bonds. The van der Waals surface area contributed by atoms with Gasteiger partial charge in [0, 0.05) is 17.2 Å². The molecule has 1 aliphatic carbocycles. The Hall–Kier alpha value is -2.62. The monoisotopic (exact) mass is 327 g/mol. The zero-order chi connectivity index (χ0) is 17.7. The topological polar surface area (TPSA) is 46.3 Å². The molecule has 1 aliphatic rings. The summed E-state index contributed by atoms with van der Waals surface area (Å²) in [4.78, 5) is 4.36. The van der Waals surface area contributed by atoms with Gasteiger partial charge in [0.25, 0.3) is 0 Å². The van der Waals surface area contributed by atoms with E-state index in [4.69, 9.17) is 4.42 Å². The SMILES string of the molecule is C=Cc1cc(O)cc2nc(C3=CCC=C(CC)C(F)=C3)oc12.CC. The van der Waals surface area contributed by atoms with Crippen molar-refractivity contribution in [2.24, 2.45) is 0 Å². The Balaban J connectivity index is 0.00000100. The van der Waals surface area contributed by atoms with Crippen LogP contribution in [0.1, 0.15) is 45.1 Å². The van der Waals surface area contributed by atoms with Gasteiger partial charge in [0.05, 0.1) is 0 Å². The average molecular weight is 327 g/mol. The Morgan fingerprint density at radius 3 is 2.75 bits per heavy atom. The lowest BCUT2D eigenvalue weighted by Crippen LogP contribution is -1.83. The number of hydrogen-bond acceptors (Lipinski definition) is 3. The number of fused-ring (bicyclic) bond motifs is 1. The number of aromatic hydroxyl groups is 1. The van der Waals surface area contributed by atoms with E-state index in [9.17, 15) is 9.50 Å². The van der Waals surface area contributed by atoms with Crippen LogP contribution in [-0.4, -0.2) is 10.1 Å². The predicted molar refractivity (Wildman–Crippen MR) is 97.3 cm³/mol. The number of phenols is 1. The molecule has 0 bridgehead atoms. The number of rotatable bonds is 3. The van der Waals surface area contributed by atoms with Gasteiger partial charge < -0.3 is 9.52 Å². The second-order valence-electron chi connectivity index (χ2n) is 5.08. The lowest BCUT2D eigenvalue weighted by Gasteiger charge is -1.98. The molecule has 1 heterocycles. The predicted octanol–water partition coefficient (Wildman–Crippen LogP) is 6.18. The molecule has 2 aromatic rings. The lowest BCUT2D eigenvalue weighted by molar-refractivity contribution is 0.475. The molecule has 24 heavy (non-hydrogen) atoms. The Morgan fingerprint density at radius 1 is 1.33 bits per heavy atom. The quantitative estimate of drug-likeness (QED) is 0.732. The van der Waals surface area contributed by atoms with Gasteiger partial charge in [0.15, 0.2) is 5.58 Å². The molecule has 4 heteroatoms. The molecule has 126 valence electrons. The fraction of sp³-hybridized carbons (Fsp3) is 0.250. The van der Waals surface area contributed by atoms with E-state index in [2.05, 4.69) is 11.6 Å². The molecule has 1 N–H and O–H groups in total. The minimum absolute atomic E-state index is 0.0914. The lowest BCUT2D eigenvalue weighted by atomic mass is 10.1. The summed E-state index contributed by atoms with van der Waals surface area (Å²) in [7, 11) is 0. The fourth-order valence-corrected chi connectivity index (χ4v) is 2.49. The highest BCUT2D eigenvalue weighted by atomic mass is 19.1. The third-order valence-electron chi connectivity index (χ3n) is 3.64. The number of halogens is 1. The van der Waals surface area contributed by atoms with Crippen molar-refractivity contribution >= 4 is 22.7 Å². The first-order valence-electron chi connectivity index (χ1n) is 8.15. The second kappa shape index (κ2) is 7.77. The molecule has 3 nitrogen and oxygen atoms in total. The molecule has 0 atom stereocenters. The minimum atomic E-state index is -0.264. The maximum Gasteiger partial charge on any atom is 0.227 e. The summed E-state index contributed by atoms with van der Waals surface area (Å²) >= 11 is 0. The number of benzene rings is 1. The summed E-state index contributed by atoms with van der Waals surface area (Å²) in [6, 6.07) is 3.07. The van der Waals surface area contributed by atoms with Crippen LogP contribution in [0.15, 0.2) is 52.8 Å². The molecule has 0 spiro atoms. The number of phenolic OH excluding ortho intramolecular Hbond substituents is 1. The van der Waals surface area contributed by atoms with E-state index >= 15 is 0 Å². The summed E-state index contributed by atoms with van der Waals surface area (Å²) in [6.45, 7) is 9.62. The van der Waals surface area contributed by atoms with Crippen LogP contribution in [0.4, 0.5) is 4.39 Å². The Bertz CT molecular complexity index is 841. The molecular formula is C20H22FNO2. The second-order valence-corrected chi connectivity index (χ2v) is 5.08. The van der Waals surface area contributed by atoms with Crippen LogP contribution < -0.4 is 0 Å². The van der Waals surface area contributed by atoms with Gasteiger partial charge in [-0.15, -0.1) is 0 Å². The van der Waals surface area contributed by atoms with Gasteiger partial charge in [-0.25, -0.2) is 9.37 Å². The smallest absolute Gasteiger partial charge is 0.227 e. The number of aromatic nitrogens is 1. The van der Waals surface area contributed by atoms with E-state index in [0.717, 1.165) is 0 Å². The zero-order valence-corrected chi connectivity index (χ0v) is 14.3. The Labute approximate surface area is 141 Å². The summed E-state index contributed by atoms with van der Waals surface area (Å²) in [5.74, 6) is 0.165. The van der Waals surface area contributed by atoms with E-state index in [1.54, 1.807) is 12.1 Å². The van der Waals surface area contributed by atoms with Gasteiger partial charge >= 0.3 is 0 Å². The van der Waals surface area contributed by atoms with Crippen LogP contribution in [0.2, 0.25) is 0 Å². The van der Waals surface area contributed by atoms with Crippen LogP contribution in [-0.2, 0) is 0 Å². The van der Waals surface area contributed by atoms with E-state index in [0.29, 0.717) is 46.5 Å². The first-order chi connectivity index (χ1) is 11.6. The van der Waals surface area contributed by atoms with Gasteiger partial charge in [0.2, 0.25) is 5.89 Å². The molecule has 3 rings (SSSR count). The van der Waals surface area contributed by atoms with E-state index < -0.39 is 0 Å². The van der Waals surface area contributed by atoms with Gasteiger partial charge in [-0.1, -0.05) is 45.6 Å². The van der Waals surface area contributed by atoms with E-state index in [-0.39, 0.29) is 11.6 Å². The van der Waals surface area contributed by atoms with Crippen molar-refractivity contribution in [2.45, 2.75) is 33.6 Å². The first-order valence-corrected chi connectivity index (χ1v) is 8.15. The van der Waals surface area contributed by atoms with Crippen LogP contribution in [0.3, 0.4) is 0 Å². The minimum Gasteiger partial charge on any atom is -0.508 e. The third kappa shape index (κ3) is 3.48. The highest BCUT2D eigenvalue weighted by Crippen LogP contribution is 2.31. The van der Waals surface area contributed by atoms with Crippen molar-refractivity contribution in [3.05, 3.63) is 59.8 Å². The van der Waals surface area contributed by atoms with Gasteiger partial charge in [-0.2, -0.15) is 0 Å². The van der Waals surface area contributed by atoms with Crippen LogP contribution in [0, 0.1) is 0 Å². The van der Waals surface area contributed by atoms with Gasteiger partial charge in [-0.05, 0) is 30.6 Å². The molecule has 1 aromatic carbocycles. The van der Waals surface area contributed by atoms with Crippen LogP contribution >= 0.6 is 0 Å². The fourth-order valence-electron chi connectivity index (χ4n) is 2.49. The average Bonchev–Trinajstić information content (AvgIpc) is 2.92. The molecular weight excluding hydrogens is 305 g/mol. The number of allylic oxidation sites excluding steroid dienone is 6. The summed E-state index contributed by atoms with van der Waals surface area (Å²) in [5.41, 5.74) is 2.99. The highest BCUT2D eigenvalue weighted by molar-refractivity contribution is 5.86. The maximum absolute atomic E-state index is 14.1. The first kappa shape index (κ1) is 17.7. The largest absolute Gasteiger partial charge is 0.508 e.